The molecule has 0 heterocycles. The van der Waals surface area contributed by atoms with E-state index in [2.05, 4.69) is 5.32 Å². The van der Waals surface area contributed by atoms with Crippen LogP contribution in [0.4, 0.5) is 10.5 Å². The Labute approximate surface area is 166 Å². The van der Waals surface area contributed by atoms with Crippen LogP contribution >= 0.6 is 11.6 Å². The smallest absolute Gasteiger partial charge is 0.321 e. The molecule has 0 fully saturated rings. The van der Waals surface area contributed by atoms with Crippen LogP contribution in [0.3, 0.4) is 0 Å². The van der Waals surface area contributed by atoms with Gasteiger partial charge < -0.3 is 19.7 Å². The maximum atomic E-state index is 12.4. The second kappa shape index (κ2) is 10.9. The Morgan fingerprint density at radius 2 is 1.85 bits per heavy atom. The number of hydrogen-bond acceptors (Lipinski definition) is 3. The quantitative estimate of drug-likeness (QED) is 0.616. The van der Waals surface area contributed by atoms with Crippen molar-refractivity contribution in [1.82, 2.24) is 4.90 Å². The summed E-state index contributed by atoms with van der Waals surface area (Å²) in [5, 5.41) is 3.57. The molecule has 1 N–H and O–H groups in total. The maximum Gasteiger partial charge on any atom is 0.321 e. The van der Waals surface area contributed by atoms with Crippen LogP contribution in [-0.2, 0) is 22.6 Å². The second-order valence-electron chi connectivity index (χ2n) is 6.59. The molecule has 0 unspecified atom stereocenters. The molecule has 146 valence electrons. The molecule has 2 rings (SSSR count). The molecule has 0 aromatic heterocycles. The van der Waals surface area contributed by atoms with Crippen molar-refractivity contribution in [3.05, 3.63) is 64.7 Å². The summed E-state index contributed by atoms with van der Waals surface area (Å²) >= 11 is 5.99. The lowest BCUT2D eigenvalue weighted by atomic mass is 10.2. The van der Waals surface area contributed by atoms with Crippen molar-refractivity contribution >= 4 is 23.3 Å². The minimum absolute atomic E-state index is 0.182. The number of hydrogen-bond donors (Lipinski definition) is 1. The number of benzene rings is 2. The summed E-state index contributed by atoms with van der Waals surface area (Å²) in [5.74, 6) is 0. The number of nitrogens with one attached hydrogen (secondary N) is 1. The fraction of sp³-hybridized carbons (Fsp3) is 0.381. The molecule has 0 saturated heterocycles. The minimum Gasteiger partial charge on any atom is -0.376 e. The standard InChI is InChI=1S/C21H27ClN2O3/c1-16(2)27-11-10-26-15-18-7-5-9-20(13-18)23-21(25)24(3)14-17-6-4-8-19(22)12-17/h4-9,12-13,16H,10-11,14-15H2,1-3H3,(H,23,25). The Hall–Kier alpha value is -2.08. The molecule has 0 atom stereocenters. The van der Waals surface area contributed by atoms with Gasteiger partial charge in [-0.2, -0.15) is 0 Å². The van der Waals surface area contributed by atoms with Crippen molar-refractivity contribution in [2.24, 2.45) is 0 Å². The highest BCUT2D eigenvalue weighted by Crippen LogP contribution is 2.15. The van der Waals surface area contributed by atoms with E-state index in [0.717, 1.165) is 16.8 Å². The molecular weight excluding hydrogens is 364 g/mol. The van der Waals surface area contributed by atoms with Crippen LogP contribution in [0.25, 0.3) is 0 Å². The SMILES string of the molecule is CC(C)OCCOCc1cccc(NC(=O)N(C)Cc2cccc(Cl)c2)c1. The zero-order valence-corrected chi connectivity index (χ0v) is 16.8. The van der Waals surface area contributed by atoms with Gasteiger partial charge in [-0.3, -0.25) is 0 Å². The molecule has 2 amide bonds. The first-order valence-electron chi connectivity index (χ1n) is 8.99. The zero-order valence-electron chi connectivity index (χ0n) is 16.1. The zero-order chi connectivity index (χ0) is 19.6. The number of ether oxygens (including phenoxy) is 2. The van der Waals surface area contributed by atoms with Gasteiger partial charge >= 0.3 is 6.03 Å². The lowest BCUT2D eigenvalue weighted by molar-refractivity contribution is 0.0143. The van der Waals surface area contributed by atoms with Crippen molar-refractivity contribution in [2.75, 3.05) is 25.6 Å². The van der Waals surface area contributed by atoms with Gasteiger partial charge in [-0.15, -0.1) is 0 Å². The van der Waals surface area contributed by atoms with Crippen molar-refractivity contribution in [3.63, 3.8) is 0 Å². The van der Waals surface area contributed by atoms with Gasteiger partial charge in [0.2, 0.25) is 0 Å². The highest BCUT2D eigenvalue weighted by atomic mass is 35.5. The predicted molar refractivity (Wildman–Crippen MR) is 109 cm³/mol. The summed E-state index contributed by atoms with van der Waals surface area (Å²) in [6.07, 6.45) is 0.205. The lowest BCUT2D eigenvalue weighted by Crippen LogP contribution is -2.30. The molecule has 0 radical (unpaired) electrons. The third-order valence-corrected chi connectivity index (χ3v) is 4.02. The van der Waals surface area contributed by atoms with Gasteiger partial charge in [0.1, 0.15) is 0 Å². The average molecular weight is 391 g/mol. The van der Waals surface area contributed by atoms with E-state index in [1.165, 1.54) is 0 Å². The van der Waals surface area contributed by atoms with Gasteiger partial charge in [0.05, 0.1) is 25.9 Å². The van der Waals surface area contributed by atoms with E-state index < -0.39 is 0 Å². The first kappa shape index (κ1) is 21.2. The molecule has 0 saturated carbocycles. The first-order chi connectivity index (χ1) is 12.9. The molecule has 0 aliphatic rings. The van der Waals surface area contributed by atoms with Crippen LogP contribution < -0.4 is 5.32 Å². The number of anilines is 1. The summed E-state index contributed by atoms with van der Waals surface area (Å²) in [4.78, 5) is 14.0. The molecule has 27 heavy (non-hydrogen) atoms. The first-order valence-corrected chi connectivity index (χ1v) is 9.36. The number of rotatable bonds is 9. The number of amides is 2. The van der Waals surface area contributed by atoms with Gasteiger partial charge in [-0.25, -0.2) is 4.79 Å². The van der Waals surface area contributed by atoms with E-state index in [4.69, 9.17) is 21.1 Å². The van der Waals surface area contributed by atoms with Crippen LogP contribution in [0.2, 0.25) is 5.02 Å². The summed E-state index contributed by atoms with van der Waals surface area (Å²) in [6, 6.07) is 14.9. The average Bonchev–Trinajstić information content (AvgIpc) is 2.61. The lowest BCUT2D eigenvalue weighted by Gasteiger charge is -2.18. The molecular formula is C21H27ClN2O3. The van der Waals surface area contributed by atoms with Crippen molar-refractivity contribution in [1.29, 1.82) is 0 Å². The fourth-order valence-corrected chi connectivity index (χ4v) is 2.68. The van der Waals surface area contributed by atoms with E-state index in [-0.39, 0.29) is 12.1 Å². The van der Waals surface area contributed by atoms with Gasteiger partial charge in [0, 0.05) is 24.3 Å². The van der Waals surface area contributed by atoms with Crippen LogP contribution in [0, 0.1) is 0 Å². The van der Waals surface area contributed by atoms with Gasteiger partial charge in [-0.05, 0) is 49.2 Å². The van der Waals surface area contributed by atoms with E-state index >= 15 is 0 Å². The third-order valence-electron chi connectivity index (χ3n) is 3.78. The van der Waals surface area contributed by atoms with Crippen LogP contribution in [0.5, 0.6) is 0 Å². The number of carbonyl (C=O) groups excluding carboxylic acids is 1. The molecule has 5 nitrogen and oxygen atoms in total. The van der Waals surface area contributed by atoms with E-state index in [0.29, 0.717) is 31.4 Å². The molecule has 2 aromatic rings. The normalized spacial score (nSPS) is 10.9. The summed E-state index contributed by atoms with van der Waals surface area (Å²) in [5.41, 5.74) is 2.71. The number of nitrogens with zero attached hydrogens (tertiary/aromatic N) is 1. The summed E-state index contributed by atoms with van der Waals surface area (Å²) in [6.45, 7) is 6.05. The Balaban J connectivity index is 1.82. The summed E-state index contributed by atoms with van der Waals surface area (Å²) < 4.78 is 11.0. The van der Waals surface area contributed by atoms with Gasteiger partial charge in [-0.1, -0.05) is 35.9 Å². The van der Waals surface area contributed by atoms with Crippen molar-refractivity contribution in [2.45, 2.75) is 33.1 Å². The Kier molecular flexibility index (Phi) is 8.58. The van der Waals surface area contributed by atoms with E-state index in [1.54, 1.807) is 11.9 Å². The molecule has 0 aliphatic heterocycles. The monoisotopic (exact) mass is 390 g/mol. The molecule has 6 heteroatoms. The molecule has 0 spiro atoms. The van der Waals surface area contributed by atoms with Crippen LogP contribution in [-0.4, -0.2) is 37.3 Å². The number of halogens is 1. The predicted octanol–water partition coefficient (Wildman–Crippen LogP) is 4.95. The van der Waals surface area contributed by atoms with Crippen molar-refractivity contribution < 1.29 is 14.3 Å². The number of urea groups is 1. The fourth-order valence-electron chi connectivity index (χ4n) is 2.47. The largest absolute Gasteiger partial charge is 0.376 e. The third kappa shape index (κ3) is 7.99. The van der Waals surface area contributed by atoms with E-state index in [1.807, 2.05) is 62.4 Å². The Morgan fingerprint density at radius 3 is 2.59 bits per heavy atom. The van der Waals surface area contributed by atoms with Crippen LogP contribution in [0.15, 0.2) is 48.5 Å². The van der Waals surface area contributed by atoms with Gasteiger partial charge in [0.25, 0.3) is 0 Å². The number of carbonyl (C=O) groups is 1. The second-order valence-corrected chi connectivity index (χ2v) is 7.03. The topological polar surface area (TPSA) is 50.8 Å². The molecule has 0 aliphatic carbocycles. The van der Waals surface area contributed by atoms with E-state index in [9.17, 15) is 4.79 Å². The highest BCUT2D eigenvalue weighted by molar-refractivity contribution is 6.30. The molecule has 2 aromatic carbocycles. The van der Waals surface area contributed by atoms with Gasteiger partial charge in [0.15, 0.2) is 0 Å². The summed E-state index contributed by atoms with van der Waals surface area (Å²) in [7, 11) is 1.75. The maximum absolute atomic E-state index is 12.4. The Morgan fingerprint density at radius 1 is 1.11 bits per heavy atom. The Bertz CT molecular complexity index is 737. The minimum atomic E-state index is -0.182. The van der Waals surface area contributed by atoms with Crippen molar-refractivity contribution in [3.8, 4) is 0 Å². The highest BCUT2D eigenvalue weighted by Gasteiger charge is 2.10. The molecule has 0 bridgehead atoms. The van der Waals surface area contributed by atoms with Crippen LogP contribution in [0.1, 0.15) is 25.0 Å².